The molecule has 2 saturated heterocycles. The van der Waals surface area contributed by atoms with Gasteiger partial charge in [-0.25, -0.2) is 0 Å². The number of rotatable bonds is 3. The van der Waals surface area contributed by atoms with Crippen molar-refractivity contribution in [3.05, 3.63) is 11.7 Å². The molecule has 4 rings (SSSR count). The molecule has 0 unspecified atom stereocenters. The maximum atomic E-state index is 12.9. The van der Waals surface area contributed by atoms with Crippen molar-refractivity contribution in [3.8, 4) is 0 Å². The first-order chi connectivity index (χ1) is 9.43. The van der Waals surface area contributed by atoms with Crippen LogP contribution in [0.4, 0.5) is 13.2 Å². The Kier molecular flexibility index (Phi) is 2.35. The smallest absolute Gasteiger partial charge is 0.338 e. The van der Waals surface area contributed by atoms with Crippen molar-refractivity contribution in [1.82, 2.24) is 20.4 Å². The SMILES string of the molecule is FC(F)(F)C1(c2noc(CN3CC4(CNC4)C3)n2)CC1. The molecule has 2 aliphatic heterocycles. The van der Waals surface area contributed by atoms with Crippen LogP contribution in [0.1, 0.15) is 24.6 Å². The molecule has 1 aromatic heterocycles. The van der Waals surface area contributed by atoms with Gasteiger partial charge < -0.3 is 9.84 Å². The van der Waals surface area contributed by atoms with Crippen LogP contribution in [0.5, 0.6) is 0 Å². The van der Waals surface area contributed by atoms with Crippen LogP contribution in [0, 0.1) is 5.41 Å². The van der Waals surface area contributed by atoms with Gasteiger partial charge in [0.25, 0.3) is 0 Å². The molecular formula is C12H15F3N4O. The Morgan fingerprint density at radius 2 is 1.95 bits per heavy atom. The summed E-state index contributed by atoms with van der Waals surface area (Å²) in [6, 6.07) is 0. The zero-order valence-corrected chi connectivity index (χ0v) is 10.8. The molecule has 0 atom stereocenters. The molecule has 5 nitrogen and oxygen atoms in total. The fraction of sp³-hybridized carbons (Fsp3) is 0.833. The quantitative estimate of drug-likeness (QED) is 0.901. The monoisotopic (exact) mass is 288 g/mol. The Bertz CT molecular complexity index is 525. The van der Waals surface area contributed by atoms with Gasteiger partial charge in [0, 0.05) is 31.6 Å². The highest BCUT2D eigenvalue weighted by Crippen LogP contribution is 2.57. The van der Waals surface area contributed by atoms with Gasteiger partial charge >= 0.3 is 6.18 Å². The lowest BCUT2D eigenvalue weighted by atomic mass is 9.74. The molecule has 0 aromatic carbocycles. The lowest BCUT2D eigenvalue weighted by Crippen LogP contribution is -2.70. The summed E-state index contributed by atoms with van der Waals surface area (Å²) >= 11 is 0. The molecule has 0 bridgehead atoms. The first-order valence-electron chi connectivity index (χ1n) is 6.76. The number of nitrogens with zero attached hydrogens (tertiary/aromatic N) is 3. The molecule has 1 N–H and O–H groups in total. The van der Waals surface area contributed by atoms with Gasteiger partial charge in [-0.1, -0.05) is 5.16 Å². The Labute approximate surface area is 113 Å². The fourth-order valence-electron chi connectivity index (χ4n) is 3.18. The Hall–Kier alpha value is -1.15. The lowest BCUT2D eigenvalue weighted by Gasteiger charge is -2.55. The van der Waals surface area contributed by atoms with Crippen molar-refractivity contribution in [1.29, 1.82) is 0 Å². The second-order valence-electron chi connectivity index (χ2n) is 6.34. The molecule has 0 radical (unpaired) electrons. The number of halogens is 3. The highest BCUT2D eigenvalue weighted by molar-refractivity contribution is 5.21. The molecule has 110 valence electrons. The van der Waals surface area contributed by atoms with Crippen molar-refractivity contribution < 1.29 is 17.7 Å². The minimum atomic E-state index is -4.29. The van der Waals surface area contributed by atoms with Crippen LogP contribution < -0.4 is 5.32 Å². The Morgan fingerprint density at radius 3 is 2.45 bits per heavy atom. The molecular weight excluding hydrogens is 273 g/mol. The summed E-state index contributed by atoms with van der Waals surface area (Å²) in [6.07, 6.45) is -4.16. The predicted molar refractivity (Wildman–Crippen MR) is 61.8 cm³/mol. The molecule has 20 heavy (non-hydrogen) atoms. The van der Waals surface area contributed by atoms with Gasteiger partial charge in [-0.15, -0.1) is 0 Å². The van der Waals surface area contributed by atoms with Crippen LogP contribution in [0.3, 0.4) is 0 Å². The molecule has 1 aromatic rings. The van der Waals surface area contributed by atoms with E-state index >= 15 is 0 Å². The summed E-state index contributed by atoms with van der Waals surface area (Å²) in [5, 5.41) is 6.79. The van der Waals surface area contributed by atoms with Crippen molar-refractivity contribution in [2.45, 2.75) is 31.0 Å². The summed E-state index contributed by atoms with van der Waals surface area (Å²) in [6.45, 7) is 4.39. The normalized spacial score (nSPS) is 27.1. The minimum absolute atomic E-state index is 0.0635. The van der Waals surface area contributed by atoms with Gasteiger partial charge in [0.2, 0.25) is 5.89 Å². The highest BCUT2D eigenvalue weighted by Gasteiger charge is 2.67. The zero-order chi connectivity index (χ0) is 14.0. The van der Waals surface area contributed by atoms with Crippen LogP contribution in [0.2, 0.25) is 0 Å². The van der Waals surface area contributed by atoms with E-state index in [9.17, 15) is 13.2 Å². The van der Waals surface area contributed by atoms with Crippen LogP contribution >= 0.6 is 0 Å². The second kappa shape index (κ2) is 3.73. The first-order valence-corrected chi connectivity index (χ1v) is 6.76. The third-order valence-electron chi connectivity index (χ3n) is 4.67. The molecule has 3 heterocycles. The number of nitrogens with one attached hydrogen (secondary N) is 1. The summed E-state index contributed by atoms with van der Waals surface area (Å²) in [5.74, 6) is 0.0956. The van der Waals surface area contributed by atoms with E-state index in [0.717, 1.165) is 26.2 Å². The van der Waals surface area contributed by atoms with E-state index < -0.39 is 11.6 Å². The summed E-state index contributed by atoms with van der Waals surface area (Å²) < 4.78 is 43.8. The Balaban J connectivity index is 1.42. The highest BCUT2D eigenvalue weighted by atomic mass is 19.4. The summed E-state index contributed by atoms with van der Waals surface area (Å²) in [4.78, 5) is 6.10. The van der Waals surface area contributed by atoms with Crippen LogP contribution in [-0.2, 0) is 12.0 Å². The first kappa shape index (κ1) is 12.6. The van der Waals surface area contributed by atoms with Gasteiger partial charge in [-0.3, -0.25) is 4.90 Å². The number of aromatic nitrogens is 2. The molecule has 1 saturated carbocycles. The van der Waals surface area contributed by atoms with Crippen LogP contribution in [0.15, 0.2) is 4.52 Å². The van der Waals surface area contributed by atoms with Crippen molar-refractivity contribution in [2.75, 3.05) is 26.2 Å². The minimum Gasteiger partial charge on any atom is -0.338 e. The van der Waals surface area contributed by atoms with Gasteiger partial charge in [-0.2, -0.15) is 18.2 Å². The van der Waals surface area contributed by atoms with Crippen molar-refractivity contribution in [3.63, 3.8) is 0 Å². The fourth-order valence-corrected chi connectivity index (χ4v) is 3.18. The standard InChI is InChI=1S/C12H15F3N4O/c13-12(14,15)11(1-2-11)9-17-8(20-18-9)3-19-6-10(7-19)4-16-5-10/h16H,1-7H2. The van der Waals surface area contributed by atoms with E-state index in [2.05, 4.69) is 20.4 Å². The molecule has 8 heteroatoms. The van der Waals surface area contributed by atoms with Gasteiger partial charge in [0.1, 0.15) is 5.41 Å². The molecule has 1 aliphatic carbocycles. The number of alkyl halides is 3. The molecule has 1 spiro atoms. The average molecular weight is 288 g/mol. The third-order valence-corrected chi connectivity index (χ3v) is 4.67. The molecule has 3 fully saturated rings. The average Bonchev–Trinajstić information content (AvgIpc) is 2.96. The number of hydrogen-bond acceptors (Lipinski definition) is 5. The Morgan fingerprint density at radius 1 is 1.25 bits per heavy atom. The molecule has 0 amide bonds. The van der Waals surface area contributed by atoms with Crippen LogP contribution in [0.25, 0.3) is 0 Å². The lowest BCUT2D eigenvalue weighted by molar-refractivity contribution is -0.162. The number of hydrogen-bond donors (Lipinski definition) is 1. The maximum Gasteiger partial charge on any atom is 0.401 e. The predicted octanol–water partition coefficient (Wildman–Crippen LogP) is 1.07. The topological polar surface area (TPSA) is 54.2 Å². The summed E-state index contributed by atoms with van der Waals surface area (Å²) in [5.41, 5.74) is -1.46. The van der Waals surface area contributed by atoms with E-state index in [0.29, 0.717) is 12.0 Å². The van der Waals surface area contributed by atoms with Crippen molar-refractivity contribution in [2.24, 2.45) is 5.41 Å². The third kappa shape index (κ3) is 1.70. The maximum absolute atomic E-state index is 12.9. The largest absolute Gasteiger partial charge is 0.401 e. The van der Waals surface area contributed by atoms with Crippen LogP contribution in [-0.4, -0.2) is 47.4 Å². The zero-order valence-electron chi connectivity index (χ0n) is 10.8. The van der Waals surface area contributed by atoms with E-state index in [1.54, 1.807) is 0 Å². The van der Waals surface area contributed by atoms with E-state index in [1.165, 1.54) is 0 Å². The second-order valence-corrected chi connectivity index (χ2v) is 6.34. The summed E-state index contributed by atoms with van der Waals surface area (Å²) in [7, 11) is 0. The van der Waals surface area contributed by atoms with E-state index in [1.807, 2.05) is 0 Å². The van der Waals surface area contributed by atoms with Gasteiger partial charge in [0.15, 0.2) is 5.82 Å². The van der Waals surface area contributed by atoms with Gasteiger partial charge in [0.05, 0.1) is 6.54 Å². The van der Waals surface area contributed by atoms with E-state index in [4.69, 9.17) is 4.52 Å². The number of likely N-dealkylation sites (tertiary alicyclic amines) is 1. The van der Waals surface area contributed by atoms with Gasteiger partial charge in [-0.05, 0) is 12.8 Å². The molecule has 3 aliphatic rings. The van der Waals surface area contributed by atoms with Crippen molar-refractivity contribution >= 4 is 0 Å². The van der Waals surface area contributed by atoms with E-state index in [-0.39, 0.29) is 24.6 Å².